The van der Waals surface area contributed by atoms with Gasteiger partial charge in [-0.25, -0.2) is 0 Å². The second kappa shape index (κ2) is 7.75. The zero-order valence-electron chi connectivity index (χ0n) is 14.0. The van der Waals surface area contributed by atoms with E-state index in [0.29, 0.717) is 18.4 Å². The fraction of sp³-hybridized carbons (Fsp3) is 0.611. The van der Waals surface area contributed by atoms with Gasteiger partial charge in [0.1, 0.15) is 0 Å². The molecule has 4 nitrogen and oxygen atoms in total. The number of rotatable bonds is 6. The van der Waals surface area contributed by atoms with E-state index >= 15 is 0 Å². The Labute approximate surface area is 133 Å². The summed E-state index contributed by atoms with van der Waals surface area (Å²) < 4.78 is 0. The van der Waals surface area contributed by atoms with Crippen molar-refractivity contribution in [1.82, 2.24) is 9.80 Å². The minimum Gasteiger partial charge on any atom is -0.392 e. The Morgan fingerprint density at radius 3 is 2.41 bits per heavy atom. The van der Waals surface area contributed by atoms with E-state index in [-0.39, 0.29) is 12.5 Å². The highest BCUT2D eigenvalue weighted by Gasteiger charge is 2.35. The first kappa shape index (κ1) is 17.0. The van der Waals surface area contributed by atoms with E-state index in [0.717, 1.165) is 24.2 Å². The molecule has 1 aromatic rings. The van der Waals surface area contributed by atoms with E-state index in [1.165, 1.54) is 12.8 Å². The van der Waals surface area contributed by atoms with Crippen LogP contribution < -0.4 is 0 Å². The zero-order chi connectivity index (χ0) is 16.1. The number of hydrogen-bond acceptors (Lipinski definition) is 3. The molecule has 1 aliphatic rings. The maximum absolute atomic E-state index is 12.5. The summed E-state index contributed by atoms with van der Waals surface area (Å²) in [6, 6.07) is 8.11. The Morgan fingerprint density at radius 1 is 1.23 bits per heavy atom. The van der Waals surface area contributed by atoms with Gasteiger partial charge in [0.05, 0.1) is 13.0 Å². The summed E-state index contributed by atoms with van der Waals surface area (Å²) >= 11 is 0. The summed E-state index contributed by atoms with van der Waals surface area (Å²) in [6.45, 7) is 3.97. The van der Waals surface area contributed by atoms with Crippen molar-refractivity contribution in [3.05, 3.63) is 35.4 Å². The Balaban J connectivity index is 1.97. The number of aliphatic hydroxyl groups is 1. The molecule has 2 atom stereocenters. The molecule has 1 aromatic carbocycles. The Bertz CT molecular complexity index is 484. The van der Waals surface area contributed by atoms with Crippen molar-refractivity contribution in [2.75, 3.05) is 27.2 Å². The predicted octanol–water partition coefficient (Wildman–Crippen LogP) is 1.91. The number of hydrogen-bond donors (Lipinski definition) is 1. The molecule has 0 aromatic heterocycles. The monoisotopic (exact) mass is 304 g/mol. The van der Waals surface area contributed by atoms with E-state index in [9.17, 15) is 4.79 Å². The van der Waals surface area contributed by atoms with Crippen molar-refractivity contribution in [1.29, 1.82) is 0 Å². The molecule has 1 amide bonds. The van der Waals surface area contributed by atoms with Crippen molar-refractivity contribution in [3.8, 4) is 0 Å². The van der Waals surface area contributed by atoms with E-state index in [1.807, 2.05) is 29.2 Å². The smallest absolute Gasteiger partial charge is 0.227 e. The lowest BCUT2D eigenvalue weighted by molar-refractivity contribution is -0.129. The van der Waals surface area contributed by atoms with Crippen LogP contribution in [0.5, 0.6) is 0 Å². The van der Waals surface area contributed by atoms with Crippen LogP contribution in [0.15, 0.2) is 24.3 Å². The molecule has 0 spiro atoms. The van der Waals surface area contributed by atoms with Gasteiger partial charge in [-0.3, -0.25) is 4.79 Å². The molecule has 0 bridgehead atoms. The SMILES string of the molecule is CCCC1CN(C(=O)Cc2ccc(CO)cc2)CC1N(C)C. The molecule has 1 fully saturated rings. The van der Waals surface area contributed by atoms with Crippen LogP contribution in [0.2, 0.25) is 0 Å². The van der Waals surface area contributed by atoms with Crippen molar-refractivity contribution in [2.24, 2.45) is 5.92 Å². The summed E-state index contributed by atoms with van der Waals surface area (Å²) in [6.07, 6.45) is 2.79. The van der Waals surface area contributed by atoms with E-state index in [1.54, 1.807) is 0 Å². The summed E-state index contributed by atoms with van der Waals surface area (Å²) in [5.41, 5.74) is 1.90. The highest BCUT2D eigenvalue weighted by atomic mass is 16.3. The van der Waals surface area contributed by atoms with Crippen molar-refractivity contribution in [2.45, 2.75) is 38.8 Å². The minimum absolute atomic E-state index is 0.0452. The lowest BCUT2D eigenvalue weighted by Gasteiger charge is -2.24. The predicted molar refractivity (Wildman–Crippen MR) is 88.5 cm³/mol. The summed E-state index contributed by atoms with van der Waals surface area (Å²) in [7, 11) is 4.21. The summed E-state index contributed by atoms with van der Waals surface area (Å²) in [4.78, 5) is 16.8. The van der Waals surface area contributed by atoms with Gasteiger partial charge in [0.15, 0.2) is 0 Å². The van der Waals surface area contributed by atoms with Crippen LogP contribution in [0.25, 0.3) is 0 Å². The second-order valence-electron chi connectivity index (χ2n) is 6.53. The average Bonchev–Trinajstić information content (AvgIpc) is 2.93. The van der Waals surface area contributed by atoms with Crippen LogP contribution in [0, 0.1) is 5.92 Å². The van der Waals surface area contributed by atoms with Crippen LogP contribution >= 0.6 is 0 Å². The van der Waals surface area contributed by atoms with Gasteiger partial charge < -0.3 is 14.9 Å². The number of benzene rings is 1. The summed E-state index contributed by atoms with van der Waals surface area (Å²) in [5, 5.41) is 9.06. The van der Waals surface area contributed by atoms with Gasteiger partial charge in [0, 0.05) is 19.1 Å². The Hall–Kier alpha value is -1.39. The molecule has 4 heteroatoms. The van der Waals surface area contributed by atoms with Crippen LogP contribution in [0.4, 0.5) is 0 Å². The number of likely N-dealkylation sites (tertiary alicyclic amines) is 1. The number of nitrogens with zero attached hydrogens (tertiary/aromatic N) is 2. The molecule has 2 rings (SSSR count). The minimum atomic E-state index is 0.0452. The quantitative estimate of drug-likeness (QED) is 0.873. The zero-order valence-corrected chi connectivity index (χ0v) is 14.0. The van der Waals surface area contributed by atoms with Crippen LogP contribution in [0.3, 0.4) is 0 Å². The number of carbonyl (C=O) groups is 1. The van der Waals surface area contributed by atoms with Gasteiger partial charge in [0.2, 0.25) is 5.91 Å². The number of amides is 1. The van der Waals surface area contributed by atoms with Gasteiger partial charge in [-0.1, -0.05) is 37.6 Å². The fourth-order valence-corrected chi connectivity index (χ4v) is 3.35. The van der Waals surface area contributed by atoms with E-state index < -0.39 is 0 Å². The fourth-order valence-electron chi connectivity index (χ4n) is 3.35. The lowest BCUT2D eigenvalue weighted by atomic mass is 9.98. The van der Waals surface area contributed by atoms with E-state index in [4.69, 9.17) is 5.11 Å². The standard InChI is InChI=1S/C18H28N2O2/c1-4-5-16-11-20(12-17(16)19(2)3)18(22)10-14-6-8-15(13-21)9-7-14/h6-9,16-17,21H,4-5,10-13H2,1-3H3. The first-order valence-corrected chi connectivity index (χ1v) is 8.18. The Kier molecular flexibility index (Phi) is 5.98. The van der Waals surface area contributed by atoms with Crippen molar-refractivity contribution < 1.29 is 9.90 Å². The first-order valence-electron chi connectivity index (χ1n) is 8.18. The third-order valence-corrected chi connectivity index (χ3v) is 4.64. The van der Waals surface area contributed by atoms with Gasteiger partial charge in [0.25, 0.3) is 0 Å². The van der Waals surface area contributed by atoms with Crippen molar-refractivity contribution in [3.63, 3.8) is 0 Å². The van der Waals surface area contributed by atoms with Gasteiger partial charge in [-0.15, -0.1) is 0 Å². The largest absolute Gasteiger partial charge is 0.392 e. The molecule has 0 radical (unpaired) electrons. The molecule has 1 N–H and O–H groups in total. The molecule has 122 valence electrons. The van der Waals surface area contributed by atoms with Gasteiger partial charge in [-0.05, 0) is 37.6 Å². The topological polar surface area (TPSA) is 43.8 Å². The van der Waals surface area contributed by atoms with Crippen LogP contribution in [-0.4, -0.2) is 54.0 Å². The molecule has 1 saturated heterocycles. The molecular formula is C18H28N2O2. The molecule has 22 heavy (non-hydrogen) atoms. The third kappa shape index (κ3) is 4.08. The highest BCUT2D eigenvalue weighted by molar-refractivity contribution is 5.79. The molecule has 1 heterocycles. The first-order chi connectivity index (χ1) is 10.5. The number of carbonyl (C=O) groups excluding carboxylic acids is 1. The van der Waals surface area contributed by atoms with Crippen molar-refractivity contribution >= 4 is 5.91 Å². The maximum Gasteiger partial charge on any atom is 0.227 e. The summed E-state index contributed by atoms with van der Waals surface area (Å²) in [5.74, 6) is 0.794. The Morgan fingerprint density at radius 2 is 1.86 bits per heavy atom. The normalized spacial score (nSPS) is 21.6. The van der Waals surface area contributed by atoms with Gasteiger partial charge in [-0.2, -0.15) is 0 Å². The molecule has 0 saturated carbocycles. The molecule has 1 aliphatic heterocycles. The van der Waals surface area contributed by atoms with E-state index in [2.05, 4.69) is 25.9 Å². The molecular weight excluding hydrogens is 276 g/mol. The van der Waals surface area contributed by atoms with Crippen LogP contribution in [-0.2, 0) is 17.8 Å². The number of aliphatic hydroxyl groups excluding tert-OH is 1. The van der Waals surface area contributed by atoms with Crippen LogP contribution in [0.1, 0.15) is 30.9 Å². The average molecular weight is 304 g/mol. The third-order valence-electron chi connectivity index (χ3n) is 4.64. The highest BCUT2D eigenvalue weighted by Crippen LogP contribution is 2.25. The molecule has 2 unspecified atom stereocenters. The lowest BCUT2D eigenvalue weighted by Crippen LogP contribution is -2.36. The molecule has 0 aliphatic carbocycles. The van der Waals surface area contributed by atoms with Gasteiger partial charge >= 0.3 is 0 Å². The maximum atomic E-state index is 12.5. The second-order valence-corrected chi connectivity index (χ2v) is 6.53. The number of likely N-dealkylation sites (N-methyl/N-ethyl adjacent to an activating group) is 1.